The number of para-hydroxylation sites is 1. The van der Waals surface area contributed by atoms with Crippen LogP contribution < -0.4 is 10.1 Å². The van der Waals surface area contributed by atoms with Crippen LogP contribution in [0.2, 0.25) is 0 Å². The van der Waals surface area contributed by atoms with Gasteiger partial charge in [-0.25, -0.2) is 0 Å². The van der Waals surface area contributed by atoms with Crippen LogP contribution in [0.15, 0.2) is 30.4 Å². The molecular formula is C30H51NO2. The molecule has 0 aromatic heterocycles. The summed E-state index contributed by atoms with van der Waals surface area (Å²) in [7, 11) is 1.64. The molecule has 1 aromatic rings. The van der Waals surface area contributed by atoms with Gasteiger partial charge in [-0.05, 0) is 50.7 Å². The Morgan fingerprint density at radius 2 is 1.42 bits per heavy atom. The van der Waals surface area contributed by atoms with E-state index in [4.69, 9.17) is 4.74 Å². The third kappa shape index (κ3) is 12.9. The lowest BCUT2D eigenvalue weighted by atomic mass is 9.85. The molecule has 0 aliphatic rings. The fourth-order valence-corrected chi connectivity index (χ4v) is 4.18. The second-order valence-electron chi connectivity index (χ2n) is 10.2. The summed E-state index contributed by atoms with van der Waals surface area (Å²) in [5.41, 5.74) is 1.43. The van der Waals surface area contributed by atoms with Gasteiger partial charge in [0.2, 0.25) is 5.91 Å². The summed E-state index contributed by atoms with van der Waals surface area (Å²) < 4.78 is 5.41. The summed E-state index contributed by atoms with van der Waals surface area (Å²) in [5.74, 6) is 0.791. The van der Waals surface area contributed by atoms with E-state index in [1.54, 1.807) is 7.11 Å². The highest BCUT2D eigenvalue weighted by atomic mass is 16.5. The number of rotatable bonds is 19. The summed E-state index contributed by atoms with van der Waals surface area (Å²) in [5, 5.41) is 3.10. The van der Waals surface area contributed by atoms with Crippen molar-refractivity contribution in [1.82, 2.24) is 0 Å². The number of hydrogen-bond donors (Lipinski definition) is 1. The van der Waals surface area contributed by atoms with Gasteiger partial charge in [-0.1, -0.05) is 109 Å². The maximum atomic E-state index is 12.9. The molecule has 3 nitrogen and oxygen atoms in total. The van der Waals surface area contributed by atoms with E-state index in [1.807, 2.05) is 39.0 Å². The molecule has 0 spiro atoms. The molecule has 0 fully saturated rings. The average Bonchev–Trinajstić information content (AvgIpc) is 2.80. The predicted molar refractivity (Wildman–Crippen MR) is 144 cm³/mol. The Kier molecular flexibility index (Phi) is 15.7. The lowest BCUT2D eigenvalue weighted by molar-refractivity contribution is -0.124. The summed E-state index contributed by atoms with van der Waals surface area (Å²) >= 11 is 0. The molecule has 3 heteroatoms. The number of hydrogen-bond acceptors (Lipinski definition) is 2. The molecule has 0 aliphatic heterocycles. The molecule has 0 heterocycles. The zero-order chi connectivity index (χ0) is 24.4. The first-order chi connectivity index (χ1) is 15.9. The predicted octanol–water partition coefficient (Wildman–Crippen LogP) is 9.40. The van der Waals surface area contributed by atoms with Crippen LogP contribution in [0, 0.1) is 12.3 Å². The lowest BCUT2D eigenvalue weighted by Gasteiger charge is -2.25. The second-order valence-corrected chi connectivity index (χ2v) is 10.2. The molecule has 33 heavy (non-hydrogen) atoms. The molecule has 0 saturated carbocycles. The van der Waals surface area contributed by atoms with Gasteiger partial charge in [-0.15, -0.1) is 0 Å². The third-order valence-electron chi connectivity index (χ3n) is 6.62. The van der Waals surface area contributed by atoms with E-state index < -0.39 is 0 Å². The van der Waals surface area contributed by atoms with Gasteiger partial charge in [0.05, 0.1) is 12.8 Å². The smallest absolute Gasteiger partial charge is 0.230 e. The number of aryl methyl sites for hydroxylation is 1. The maximum Gasteiger partial charge on any atom is 0.230 e. The van der Waals surface area contributed by atoms with Crippen molar-refractivity contribution in [2.24, 2.45) is 5.41 Å². The van der Waals surface area contributed by atoms with Crippen molar-refractivity contribution < 1.29 is 9.53 Å². The summed E-state index contributed by atoms with van der Waals surface area (Å²) in [6.07, 6.45) is 24.0. The van der Waals surface area contributed by atoms with Crippen molar-refractivity contribution in [2.45, 2.75) is 124 Å². The minimum Gasteiger partial charge on any atom is -0.495 e. The summed E-state index contributed by atoms with van der Waals surface area (Å²) in [6, 6.07) is 5.83. The first-order valence-electron chi connectivity index (χ1n) is 13.5. The number of carbonyl (C=O) groups is 1. The van der Waals surface area contributed by atoms with Crippen molar-refractivity contribution in [3.05, 3.63) is 35.9 Å². The normalized spacial score (nSPS) is 11.8. The van der Waals surface area contributed by atoms with Gasteiger partial charge >= 0.3 is 0 Å². The Morgan fingerprint density at radius 3 is 2.00 bits per heavy atom. The van der Waals surface area contributed by atoms with Crippen LogP contribution in [0.5, 0.6) is 5.75 Å². The largest absolute Gasteiger partial charge is 0.495 e. The van der Waals surface area contributed by atoms with Crippen molar-refractivity contribution in [3.63, 3.8) is 0 Å². The molecule has 0 saturated heterocycles. The number of carbonyl (C=O) groups excluding carboxylic acids is 1. The van der Waals surface area contributed by atoms with Gasteiger partial charge in [0.1, 0.15) is 5.75 Å². The van der Waals surface area contributed by atoms with Crippen LogP contribution in [0.1, 0.15) is 123 Å². The fraction of sp³-hybridized carbons (Fsp3) is 0.700. The Hall–Kier alpha value is -1.77. The van der Waals surface area contributed by atoms with E-state index >= 15 is 0 Å². The van der Waals surface area contributed by atoms with Crippen LogP contribution >= 0.6 is 0 Å². The van der Waals surface area contributed by atoms with E-state index in [-0.39, 0.29) is 11.3 Å². The van der Waals surface area contributed by atoms with Gasteiger partial charge in [0.15, 0.2) is 0 Å². The van der Waals surface area contributed by atoms with Crippen LogP contribution in [0.25, 0.3) is 0 Å². The second kappa shape index (κ2) is 17.7. The highest BCUT2D eigenvalue weighted by molar-refractivity contribution is 5.96. The lowest BCUT2D eigenvalue weighted by Crippen LogP contribution is -2.31. The standard InChI is InChI=1S/C30H51NO2/c1-6-7-8-9-10-11-12-13-14-15-16-17-18-19-20-21-25-30(3,4)29(32)31-28-26(2)23-22-24-27(28)33-5/h13-14,22-24H,6-12,15-21,25H2,1-5H3,(H,31,32). The van der Waals surface area contributed by atoms with E-state index in [0.717, 1.165) is 29.8 Å². The Morgan fingerprint density at radius 1 is 0.879 bits per heavy atom. The molecule has 0 unspecified atom stereocenters. The highest BCUT2D eigenvalue weighted by Crippen LogP contribution is 2.31. The average molecular weight is 458 g/mol. The van der Waals surface area contributed by atoms with Crippen molar-refractivity contribution in [1.29, 1.82) is 0 Å². The van der Waals surface area contributed by atoms with Crippen molar-refractivity contribution in [3.8, 4) is 5.75 Å². The Bertz CT molecular complexity index is 678. The van der Waals surface area contributed by atoms with Gasteiger partial charge in [-0.3, -0.25) is 4.79 Å². The van der Waals surface area contributed by atoms with Crippen LogP contribution in [0.4, 0.5) is 5.69 Å². The molecule has 0 aliphatic carbocycles. The number of ether oxygens (including phenoxy) is 1. The van der Waals surface area contributed by atoms with Gasteiger partial charge in [0, 0.05) is 5.41 Å². The van der Waals surface area contributed by atoms with Crippen LogP contribution in [-0.4, -0.2) is 13.0 Å². The van der Waals surface area contributed by atoms with E-state index in [9.17, 15) is 4.79 Å². The molecule has 0 atom stereocenters. The number of benzene rings is 1. The summed E-state index contributed by atoms with van der Waals surface area (Å²) in [4.78, 5) is 12.9. The molecule has 1 N–H and O–H groups in total. The topological polar surface area (TPSA) is 38.3 Å². The maximum absolute atomic E-state index is 12.9. The Balaban J connectivity index is 2.09. The molecule has 1 amide bonds. The quantitative estimate of drug-likeness (QED) is 0.166. The SMILES string of the molecule is CCCCCCCCC=CCCCCCCCCC(C)(C)C(=O)Nc1c(C)cccc1OC. The first-order valence-corrected chi connectivity index (χ1v) is 13.5. The molecule has 0 bridgehead atoms. The molecular weight excluding hydrogens is 406 g/mol. The fourth-order valence-electron chi connectivity index (χ4n) is 4.18. The number of amides is 1. The zero-order valence-corrected chi connectivity index (χ0v) is 22.3. The first kappa shape index (κ1) is 29.3. The number of unbranched alkanes of at least 4 members (excludes halogenated alkanes) is 12. The summed E-state index contributed by atoms with van der Waals surface area (Å²) in [6.45, 7) is 8.36. The minimum absolute atomic E-state index is 0.0721. The van der Waals surface area contributed by atoms with Crippen LogP contribution in [-0.2, 0) is 4.79 Å². The van der Waals surface area contributed by atoms with E-state index in [2.05, 4.69) is 24.4 Å². The molecule has 1 aromatic carbocycles. The van der Waals surface area contributed by atoms with Crippen LogP contribution in [0.3, 0.4) is 0 Å². The highest BCUT2D eigenvalue weighted by Gasteiger charge is 2.28. The van der Waals surface area contributed by atoms with Gasteiger partial charge < -0.3 is 10.1 Å². The van der Waals surface area contributed by atoms with E-state index in [0.29, 0.717) is 0 Å². The third-order valence-corrected chi connectivity index (χ3v) is 6.62. The molecule has 0 radical (unpaired) electrons. The number of anilines is 1. The van der Waals surface area contributed by atoms with Gasteiger partial charge in [-0.2, -0.15) is 0 Å². The van der Waals surface area contributed by atoms with Gasteiger partial charge in [0.25, 0.3) is 0 Å². The monoisotopic (exact) mass is 457 g/mol. The minimum atomic E-state index is -0.381. The molecule has 1 rings (SSSR count). The van der Waals surface area contributed by atoms with E-state index in [1.165, 1.54) is 83.5 Å². The van der Waals surface area contributed by atoms with Crippen molar-refractivity contribution in [2.75, 3.05) is 12.4 Å². The van der Waals surface area contributed by atoms with Crippen molar-refractivity contribution >= 4 is 11.6 Å². The number of nitrogens with one attached hydrogen (secondary N) is 1. The number of allylic oxidation sites excluding steroid dienone is 2. The Labute approximate surface area is 204 Å². The zero-order valence-electron chi connectivity index (χ0n) is 22.3. The molecule has 188 valence electrons. The number of methoxy groups -OCH3 is 1.